The summed E-state index contributed by atoms with van der Waals surface area (Å²) in [6.45, 7) is 9.79. The van der Waals surface area contributed by atoms with Gasteiger partial charge < -0.3 is 20.4 Å². The van der Waals surface area contributed by atoms with Crippen molar-refractivity contribution >= 4 is 35.8 Å². The largest absolute Gasteiger partial charge is 0.468 e. The normalized spacial score (nSPS) is 16.5. The van der Waals surface area contributed by atoms with E-state index in [1.165, 1.54) is 12.8 Å². The Kier molecular flexibility index (Phi) is 10.1. The minimum absolute atomic E-state index is 0. The van der Waals surface area contributed by atoms with Crippen LogP contribution in [0.2, 0.25) is 0 Å². The van der Waals surface area contributed by atoms with E-state index < -0.39 is 5.41 Å². The van der Waals surface area contributed by atoms with Gasteiger partial charge in [0.15, 0.2) is 5.96 Å². The molecule has 0 saturated carbocycles. The van der Waals surface area contributed by atoms with Gasteiger partial charge in [0, 0.05) is 26.7 Å². The molecule has 0 spiro atoms. The average Bonchev–Trinajstić information content (AvgIpc) is 3.32. The third-order valence-electron chi connectivity index (χ3n) is 4.79. The van der Waals surface area contributed by atoms with Crippen LogP contribution >= 0.6 is 24.0 Å². The van der Waals surface area contributed by atoms with E-state index in [0.29, 0.717) is 25.6 Å². The van der Waals surface area contributed by atoms with Gasteiger partial charge >= 0.3 is 0 Å². The third-order valence-corrected chi connectivity index (χ3v) is 4.79. The lowest BCUT2D eigenvalue weighted by atomic mass is 9.92. The molecule has 1 aromatic rings. The van der Waals surface area contributed by atoms with Crippen LogP contribution in [0.25, 0.3) is 0 Å². The number of rotatable bonds is 8. The fraction of sp³-hybridized carbons (Fsp3) is 0.684. The van der Waals surface area contributed by atoms with Crippen molar-refractivity contribution in [3.63, 3.8) is 0 Å². The van der Waals surface area contributed by atoms with E-state index in [-0.39, 0.29) is 35.9 Å². The number of nitrogens with one attached hydrogen (secondary N) is 3. The molecule has 0 aromatic carbocycles. The maximum absolute atomic E-state index is 12.1. The molecule has 1 atom stereocenters. The Morgan fingerprint density at radius 1 is 1.30 bits per heavy atom. The first-order chi connectivity index (χ1) is 12.5. The second kappa shape index (κ2) is 11.5. The maximum atomic E-state index is 12.1. The number of aliphatic imine (C=N–C) groups is 1. The van der Waals surface area contributed by atoms with E-state index in [1.54, 1.807) is 13.3 Å². The number of carbonyl (C=O) groups excluding carboxylic acids is 1. The highest BCUT2D eigenvalue weighted by Gasteiger charge is 2.28. The van der Waals surface area contributed by atoms with Crippen LogP contribution in [-0.2, 0) is 4.79 Å². The fourth-order valence-corrected chi connectivity index (χ4v) is 3.14. The maximum Gasteiger partial charge on any atom is 0.227 e. The number of guanidine groups is 1. The van der Waals surface area contributed by atoms with Crippen molar-refractivity contribution < 1.29 is 9.21 Å². The number of halogens is 1. The van der Waals surface area contributed by atoms with Crippen molar-refractivity contribution in [2.45, 2.75) is 39.7 Å². The number of hydrogen-bond acceptors (Lipinski definition) is 4. The molecule has 1 aliphatic heterocycles. The van der Waals surface area contributed by atoms with Gasteiger partial charge in [0.1, 0.15) is 5.76 Å². The molecule has 1 amide bonds. The van der Waals surface area contributed by atoms with E-state index in [1.807, 2.05) is 32.9 Å². The van der Waals surface area contributed by atoms with Crippen molar-refractivity contribution in [2.75, 3.05) is 39.8 Å². The second-order valence-electron chi connectivity index (χ2n) is 7.32. The van der Waals surface area contributed by atoms with Crippen molar-refractivity contribution in [3.05, 3.63) is 24.2 Å². The molecule has 0 aliphatic carbocycles. The van der Waals surface area contributed by atoms with Crippen molar-refractivity contribution in [3.8, 4) is 0 Å². The first-order valence-electron chi connectivity index (χ1n) is 9.48. The molecule has 3 N–H and O–H groups in total. The van der Waals surface area contributed by atoms with Crippen LogP contribution in [0.5, 0.6) is 0 Å². The molecule has 1 aliphatic rings. The molecular formula is C19H34IN5O2. The molecule has 0 radical (unpaired) electrons. The first-order valence-corrected chi connectivity index (χ1v) is 9.48. The fourth-order valence-electron chi connectivity index (χ4n) is 3.14. The first kappa shape index (κ1) is 23.7. The predicted octanol–water partition coefficient (Wildman–Crippen LogP) is 2.36. The van der Waals surface area contributed by atoms with Crippen LogP contribution < -0.4 is 16.0 Å². The molecule has 8 heteroatoms. The van der Waals surface area contributed by atoms with Gasteiger partial charge in [0.05, 0.1) is 17.7 Å². The van der Waals surface area contributed by atoms with Crippen LogP contribution in [0.15, 0.2) is 27.8 Å². The van der Waals surface area contributed by atoms with Crippen molar-refractivity contribution in [1.82, 2.24) is 20.9 Å². The molecule has 0 bridgehead atoms. The lowest BCUT2D eigenvalue weighted by molar-refractivity contribution is -0.128. The molecule has 1 aromatic heterocycles. The summed E-state index contributed by atoms with van der Waals surface area (Å²) >= 11 is 0. The highest BCUT2D eigenvalue weighted by molar-refractivity contribution is 14.0. The SMILES string of the molecule is CCNC(=O)C(C)(C)CNC(=NC)NCC(c1ccco1)N1CCCC1.I. The minimum Gasteiger partial charge on any atom is -0.468 e. The number of carbonyl (C=O) groups is 1. The van der Waals surface area contributed by atoms with Crippen LogP contribution in [0, 0.1) is 5.41 Å². The molecule has 2 rings (SSSR count). The summed E-state index contributed by atoms with van der Waals surface area (Å²) in [6.07, 6.45) is 4.18. The van der Waals surface area contributed by atoms with E-state index in [4.69, 9.17) is 4.42 Å². The zero-order chi connectivity index (χ0) is 19.0. The zero-order valence-electron chi connectivity index (χ0n) is 16.9. The Balaban J connectivity index is 0.00000364. The van der Waals surface area contributed by atoms with Crippen molar-refractivity contribution in [1.29, 1.82) is 0 Å². The Bertz CT molecular complexity index is 583. The lowest BCUT2D eigenvalue weighted by Crippen LogP contribution is -2.49. The number of hydrogen-bond donors (Lipinski definition) is 3. The summed E-state index contributed by atoms with van der Waals surface area (Å²) in [6, 6.07) is 4.14. The van der Waals surface area contributed by atoms with Crippen molar-refractivity contribution in [2.24, 2.45) is 10.4 Å². The smallest absolute Gasteiger partial charge is 0.227 e. The molecule has 27 heavy (non-hydrogen) atoms. The summed E-state index contributed by atoms with van der Waals surface area (Å²) in [5.41, 5.74) is -0.511. The average molecular weight is 491 g/mol. The third kappa shape index (κ3) is 6.99. The Morgan fingerprint density at radius 3 is 2.56 bits per heavy atom. The van der Waals surface area contributed by atoms with Gasteiger partial charge in [-0.25, -0.2) is 0 Å². The second-order valence-corrected chi connectivity index (χ2v) is 7.32. The van der Waals surface area contributed by atoms with Gasteiger partial charge in [0.2, 0.25) is 5.91 Å². The number of likely N-dealkylation sites (tertiary alicyclic amines) is 1. The van der Waals surface area contributed by atoms with Gasteiger partial charge in [-0.15, -0.1) is 24.0 Å². The van der Waals surface area contributed by atoms with Gasteiger partial charge in [-0.05, 0) is 58.8 Å². The Morgan fingerprint density at radius 2 is 2.00 bits per heavy atom. The highest BCUT2D eigenvalue weighted by atomic mass is 127. The van der Waals surface area contributed by atoms with Crippen LogP contribution in [0.4, 0.5) is 0 Å². The zero-order valence-corrected chi connectivity index (χ0v) is 19.2. The predicted molar refractivity (Wildman–Crippen MR) is 120 cm³/mol. The lowest BCUT2D eigenvalue weighted by Gasteiger charge is -2.28. The van der Waals surface area contributed by atoms with Gasteiger partial charge in [-0.2, -0.15) is 0 Å². The summed E-state index contributed by atoms with van der Waals surface area (Å²) < 4.78 is 5.65. The number of furan rings is 1. The van der Waals surface area contributed by atoms with Crippen LogP contribution in [0.3, 0.4) is 0 Å². The quantitative estimate of drug-likeness (QED) is 0.296. The molecule has 7 nitrogen and oxygen atoms in total. The number of nitrogens with zero attached hydrogens (tertiary/aromatic N) is 2. The number of amides is 1. The summed E-state index contributed by atoms with van der Waals surface area (Å²) in [5, 5.41) is 9.53. The molecule has 2 heterocycles. The van der Waals surface area contributed by atoms with Crippen LogP contribution in [0.1, 0.15) is 45.4 Å². The molecule has 1 fully saturated rings. The minimum atomic E-state index is -0.511. The van der Waals surface area contributed by atoms with E-state index in [0.717, 1.165) is 18.8 Å². The molecule has 154 valence electrons. The Hall–Kier alpha value is -1.29. The summed E-state index contributed by atoms with van der Waals surface area (Å²) in [7, 11) is 1.74. The van der Waals surface area contributed by atoms with Gasteiger partial charge in [-0.1, -0.05) is 0 Å². The van der Waals surface area contributed by atoms with Gasteiger partial charge in [-0.3, -0.25) is 14.7 Å². The monoisotopic (exact) mass is 491 g/mol. The van der Waals surface area contributed by atoms with Gasteiger partial charge in [0.25, 0.3) is 0 Å². The van der Waals surface area contributed by atoms with Crippen LogP contribution in [-0.4, -0.2) is 56.5 Å². The van der Waals surface area contributed by atoms with E-state index in [2.05, 4.69) is 25.8 Å². The summed E-state index contributed by atoms with van der Waals surface area (Å²) in [5.74, 6) is 1.70. The highest BCUT2D eigenvalue weighted by Crippen LogP contribution is 2.24. The molecular weight excluding hydrogens is 457 g/mol. The van der Waals surface area contributed by atoms with E-state index >= 15 is 0 Å². The Labute approximate surface area is 179 Å². The van der Waals surface area contributed by atoms with E-state index in [9.17, 15) is 4.79 Å². The standard InChI is InChI=1S/C19H33N5O2.HI/c1-5-21-17(25)19(2,3)14-23-18(20-4)22-13-15(16-9-8-12-26-16)24-10-6-7-11-24;/h8-9,12,15H,5-7,10-11,13-14H2,1-4H3,(H,21,25)(H2,20,22,23);1H. The topological polar surface area (TPSA) is 81.9 Å². The summed E-state index contributed by atoms with van der Waals surface area (Å²) in [4.78, 5) is 18.9. The molecule has 1 saturated heterocycles. The molecule has 1 unspecified atom stereocenters.